The third-order valence-electron chi connectivity index (χ3n) is 5.00. The summed E-state index contributed by atoms with van der Waals surface area (Å²) in [6, 6.07) is 11.3. The molecule has 0 saturated carbocycles. The van der Waals surface area contributed by atoms with E-state index >= 15 is 0 Å². The number of nitrogens with zero attached hydrogens (tertiary/aromatic N) is 2. The van der Waals surface area contributed by atoms with Crippen molar-refractivity contribution in [1.29, 1.82) is 0 Å². The third kappa shape index (κ3) is 3.22. The lowest BCUT2D eigenvalue weighted by atomic mass is 10.1. The lowest BCUT2D eigenvalue weighted by Gasteiger charge is -2.22. The zero-order chi connectivity index (χ0) is 19.7. The van der Waals surface area contributed by atoms with Crippen molar-refractivity contribution in [3.05, 3.63) is 59.9 Å². The molecule has 0 spiro atoms. The Kier molecular flexibility index (Phi) is 4.77. The minimum Gasteiger partial charge on any atom is -0.513 e. The normalized spacial score (nSPS) is 16.8. The van der Waals surface area contributed by atoms with E-state index in [1.54, 1.807) is 24.1 Å². The fourth-order valence-corrected chi connectivity index (χ4v) is 3.65. The van der Waals surface area contributed by atoms with Crippen molar-refractivity contribution in [2.24, 2.45) is 4.99 Å². The van der Waals surface area contributed by atoms with Gasteiger partial charge in [-0.2, -0.15) is 0 Å². The summed E-state index contributed by atoms with van der Waals surface area (Å²) in [6.45, 7) is 3.86. The molecule has 28 heavy (non-hydrogen) atoms. The number of anilines is 1. The first-order valence-electron chi connectivity index (χ1n) is 9.25. The van der Waals surface area contributed by atoms with Gasteiger partial charge in [0.25, 0.3) is 5.91 Å². The second kappa shape index (κ2) is 7.38. The highest BCUT2D eigenvalue weighted by atomic mass is 16.5. The molecule has 6 nitrogen and oxygen atoms in total. The van der Waals surface area contributed by atoms with Gasteiger partial charge in [-0.1, -0.05) is 24.8 Å². The van der Waals surface area contributed by atoms with Crippen LogP contribution >= 0.6 is 0 Å². The number of carbonyl (C=O) groups is 1. The van der Waals surface area contributed by atoms with Gasteiger partial charge in [0.2, 0.25) is 0 Å². The largest absolute Gasteiger partial charge is 0.513 e. The SMILES string of the molecule is C=C(O)CCCOc1cc2c(cc1OC)C(=O)N1c3ccccc3CC1C=N2. The second-order valence-corrected chi connectivity index (χ2v) is 6.89. The molecule has 1 amide bonds. The molecule has 2 aliphatic heterocycles. The molecule has 2 aromatic carbocycles. The van der Waals surface area contributed by atoms with Crippen molar-refractivity contribution in [1.82, 2.24) is 0 Å². The molecule has 0 saturated heterocycles. The zero-order valence-corrected chi connectivity index (χ0v) is 15.7. The van der Waals surface area contributed by atoms with Gasteiger partial charge in [0, 0.05) is 30.8 Å². The Morgan fingerprint density at radius 1 is 1.32 bits per heavy atom. The van der Waals surface area contributed by atoms with Gasteiger partial charge in [0.15, 0.2) is 11.5 Å². The monoisotopic (exact) mass is 378 g/mol. The fourth-order valence-electron chi connectivity index (χ4n) is 3.65. The zero-order valence-electron chi connectivity index (χ0n) is 15.7. The van der Waals surface area contributed by atoms with Crippen molar-refractivity contribution >= 4 is 23.5 Å². The average Bonchev–Trinajstić information content (AvgIpc) is 3.01. The number of methoxy groups -OCH3 is 1. The van der Waals surface area contributed by atoms with Gasteiger partial charge in [-0.05, 0) is 24.1 Å². The van der Waals surface area contributed by atoms with E-state index in [0.29, 0.717) is 42.2 Å². The maximum atomic E-state index is 13.3. The molecule has 2 heterocycles. The number of para-hydroxylation sites is 1. The lowest BCUT2D eigenvalue weighted by Crippen LogP contribution is -2.37. The molecule has 6 heteroatoms. The molecule has 0 fully saturated rings. The number of aliphatic hydroxyl groups is 1. The number of hydrogen-bond acceptors (Lipinski definition) is 5. The van der Waals surface area contributed by atoms with Crippen molar-refractivity contribution in [2.75, 3.05) is 18.6 Å². The highest BCUT2D eigenvalue weighted by molar-refractivity contribution is 6.14. The van der Waals surface area contributed by atoms with Crippen LogP contribution in [0, 0.1) is 0 Å². The van der Waals surface area contributed by atoms with Gasteiger partial charge < -0.3 is 14.6 Å². The summed E-state index contributed by atoms with van der Waals surface area (Å²) in [5.41, 5.74) is 3.14. The van der Waals surface area contributed by atoms with Crippen LogP contribution in [0.1, 0.15) is 28.8 Å². The first-order chi connectivity index (χ1) is 13.6. The van der Waals surface area contributed by atoms with Crippen molar-refractivity contribution in [3.63, 3.8) is 0 Å². The minimum atomic E-state index is -0.0942. The summed E-state index contributed by atoms with van der Waals surface area (Å²) in [5, 5.41) is 9.18. The van der Waals surface area contributed by atoms with E-state index in [9.17, 15) is 9.90 Å². The van der Waals surface area contributed by atoms with Crippen molar-refractivity contribution < 1.29 is 19.4 Å². The molecule has 0 radical (unpaired) electrons. The summed E-state index contributed by atoms with van der Waals surface area (Å²) in [7, 11) is 1.54. The number of aliphatic imine (C=N–C) groups is 1. The Bertz CT molecular complexity index is 967. The lowest BCUT2D eigenvalue weighted by molar-refractivity contribution is 0.0986. The van der Waals surface area contributed by atoms with Crippen LogP contribution in [0.2, 0.25) is 0 Å². The summed E-state index contributed by atoms with van der Waals surface area (Å²) < 4.78 is 11.2. The molecule has 4 rings (SSSR count). The van der Waals surface area contributed by atoms with Crippen LogP contribution in [0.15, 0.2) is 53.7 Å². The Labute approximate surface area is 163 Å². The predicted octanol–water partition coefficient (Wildman–Crippen LogP) is 4.21. The average molecular weight is 378 g/mol. The molecule has 1 atom stereocenters. The number of benzene rings is 2. The van der Waals surface area contributed by atoms with Crippen LogP contribution in [0.5, 0.6) is 11.5 Å². The quantitative estimate of drug-likeness (QED) is 0.604. The third-order valence-corrected chi connectivity index (χ3v) is 5.00. The number of aliphatic hydroxyl groups excluding tert-OH is 1. The number of allylic oxidation sites excluding steroid dienone is 1. The smallest absolute Gasteiger partial charge is 0.261 e. The van der Waals surface area contributed by atoms with Gasteiger partial charge in [0.1, 0.15) is 0 Å². The first-order valence-corrected chi connectivity index (χ1v) is 9.25. The number of hydrogen-bond donors (Lipinski definition) is 1. The van der Waals surface area contributed by atoms with Crippen molar-refractivity contribution in [2.45, 2.75) is 25.3 Å². The van der Waals surface area contributed by atoms with Gasteiger partial charge >= 0.3 is 0 Å². The Morgan fingerprint density at radius 2 is 2.14 bits per heavy atom. The van der Waals surface area contributed by atoms with Crippen LogP contribution in [0.3, 0.4) is 0 Å². The Hall–Kier alpha value is -3.28. The van der Waals surface area contributed by atoms with Crippen LogP contribution in [0.25, 0.3) is 0 Å². The summed E-state index contributed by atoms with van der Waals surface area (Å²) in [6.07, 6.45) is 3.69. The first kappa shape index (κ1) is 18.1. The van der Waals surface area contributed by atoms with Gasteiger partial charge in [-0.3, -0.25) is 14.7 Å². The number of fused-ring (bicyclic) bond motifs is 4. The van der Waals surface area contributed by atoms with Crippen LogP contribution in [-0.4, -0.2) is 37.0 Å². The molecule has 0 aliphatic carbocycles. The summed E-state index contributed by atoms with van der Waals surface area (Å²) in [4.78, 5) is 19.7. The number of carbonyl (C=O) groups excluding carboxylic acids is 1. The molecular formula is C22H22N2O4. The van der Waals surface area contributed by atoms with Crippen molar-refractivity contribution in [3.8, 4) is 11.5 Å². The van der Waals surface area contributed by atoms with Gasteiger partial charge in [-0.25, -0.2) is 0 Å². The molecule has 1 unspecified atom stereocenters. The summed E-state index contributed by atoms with van der Waals surface area (Å²) >= 11 is 0. The minimum absolute atomic E-state index is 0.0936. The fraction of sp³-hybridized carbons (Fsp3) is 0.273. The highest BCUT2D eigenvalue weighted by Gasteiger charge is 2.36. The van der Waals surface area contributed by atoms with E-state index < -0.39 is 0 Å². The van der Waals surface area contributed by atoms with E-state index in [1.165, 1.54) is 0 Å². The van der Waals surface area contributed by atoms with Gasteiger partial charge in [-0.15, -0.1) is 0 Å². The maximum absolute atomic E-state index is 13.3. The van der Waals surface area contributed by atoms with E-state index in [0.717, 1.165) is 17.7 Å². The topological polar surface area (TPSA) is 71.4 Å². The Balaban J connectivity index is 1.65. The Morgan fingerprint density at radius 3 is 2.93 bits per heavy atom. The molecule has 144 valence electrons. The van der Waals surface area contributed by atoms with Crippen LogP contribution < -0.4 is 14.4 Å². The number of rotatable bonds is 6. The standard InChI is InChI=1S/C22H22N2O4/c1-14(25)6-5-9-28-21-12-18-17(11-20(21)27-2)22(26)24-16(13-23-18)10-15-7-3-4-8-19(15)24/h3-4,7-8,11-13,16,25H,1,5-6,9-10H2,2H3. The highest BCUT2D eigenvalue weighted by Crippen LogP contribution is 2.40. The predicted molar refractivity (Wildman–Crippen MR) is 108 cm³/mol. The molecule has 1 N–H and O–H groups in total. The summed E-state index contributed by atoms with van der Waals surface area (Å²) in [5.74, 6) is 1.05. The number of amides is 1. The molecule has 2 aliphatic rings. The van der Waals surface area contributed by atoms with Gasteiger partial charge in [0.05, 0.1) is 36.8 Å². The molecule has 0 aromatic heterocycles. The van der Waals surface area contributed by atoms with E-state index in [-0.39, 0.29) is 17.7 Å². The van der Waals surface area contributed by atoms with E-state index in [1.807, 2.05) is 30.5 Å². The molecular weight excluding hydrogens is 356 g/mol. The number of ether oxygens (including phenoxy) is 2. The molecule has 0 bridgehead atoms. The van der Waals surface area contributed by atoms with E-state index in [4.69, 9.17) is 9.47 Å². The molecule has 2 aromatic rings. The van der Waals surface area contributed by atoms with Crippen LogP contribution in [-0.2, 0) is 6.42 Å². The second-order valence-electron chi connectivity index (χ2n) is 6.89. The maximum Gasteiger partial charge on any atom is 0.261 e. The van der Waals surface area contributed by atoms with Crippen LogP contribution in [0.4, 0.5) is 11.4 Å². The van der Waals surface area contributed by atoms with E-state index in [2.05, 4.69) is 11.6 Å².